The number of rotatable bonds is 3. The van der Waals surface area contributed by atoms with Crippen LogP contribution in [0.1, 0.15) is 26.3 Å². The third-order valence-electron chi connectivity index (χ3n) is 3.01. The van der Waals surface area contributed by atoms with Crippen LogP contribution >= 0.6 is 23.2 Å². The van der Waals surface area contributed by atoms with Gasteiger partial charge in [-0.25, -0.2) is 0 Å². The van der Waals surface area contributed by atoms with Gasteiger partial charge in [0.25, 0.3) is 0 Å². The molecule has 1 atom stereocenters. The van der Waals surface area contributed by atoms with Crippen LogP contribution in [-0.2, 0) is 11.3 Å². The van der Waals surface area contributed by atoms with Gasteiger partial charge in [0.2, 0.25) is 5.91 Å². The van der Waals surface area contributed by atoms with Crippen molar-refractivity contribution in [2.24, 2.45) is 11.1 Å². The van der Waals surface area contributed by atoms with Crippen LogP contribution in [0.4, 0.5) is 0 Å². The Hall–Kier alpha value is -0.770. The van der Waals surface area contributed by atoms with E-state index in [9.17, 15) is 4.79 Å². The second kappa shape index (κ2) is 6.12. The van der Waals surface area contributed by atoms with Gasteiger partial charge in [0, 0.05) is 13.6 Å². The van der Waals surface area contributed by atoms with Gasteiger partial charge < -0.3 is 10.6 Å². The Morgan fingerprint density at radius 1 is 1.37 bits per heavy atom. The largest absolute Gasteiger partial charge is 0.340 e. The first-order valence-electron chi connectivity index (χ1n) is 6.08. The summed E-state index contributed by atoms with van der Waals surface area (Å²) in [6.45, 7) is 6.21. The van der Waals surface area contributed by atoms with Gasteiger partial charge in [-0.05, 0) is 17.0 Å². The predicted octanol–water partition coefficient (Wildman–Crippen LogP) is 3.33. The maximum atomic E-state index is 12.2. The molecule has 3 nitrogen and oxygen atoms in total. The number of carbonyl (C=O) groups is 1. The number of benzene rings is 1. The third kappa shape index (κ3) is 4.10. The second-order valence-corrected chi connectivity index (χ2v) is 6.54. The smallest absolute Gasteiger partial charge is 0.240 e. The number of nitrogens with two attached hydrogens (primary N) is 1. The summed E-state index contributed by atoms with van der Waals surface area (Å²) in [4.78, 5) is 13.8. The van der Waals surface area contributed by atoms with Gasteiger partial charge >= 0.3 is 0 Å². The molecule has 0 radical (unpaired) electrons. The number of likely N-dealkylation sites (N-methyl/N-ethyl adjacent to an activating group) is 1. The minimum atomic E-state index is -0.546. The van der Waals surface area contributed by atoms with Crippen molar-refractivity contribution >= 4 is 29.1 Å². The van der Waals surface area contributed by atoms with E-state index in [1.165, 1.54) is 0 Å². The number of halogens is 2. The van der Waals surface area contributed by atoms with Crippen LogP contribution in [0.25, 0.3) is 0 Å². The molecule has 0 aliphatic carbocycles. The molecule has 0 saturated carbocycles. The molecule has 1 aromatic rings. The summed E-state index contributed by atoms with van der Waals surface area (Å²) in [5.41, 5.74) is 6.50. The van der Waals surface area contributed by atoms with E-state index >= 15 is 0 Å². The van der Waals surface area contributed by atoms with Crippen molar-refractivity contribution in [3.63, 3.8) is 0 Å². The van der Waals surface area contributed by atoms with E-state index in [1.54, 1.807) is 18.0 Å². The molecule has 19 heavy (non-hydrogen) atoms. The maximum Gasteiger partial charge on any atom is 0.240 e. The summed E-state index contributed by atoms with van der Waals surface area (Å²) in [6, 6.07) is 4.83. The SMILES string of the molecule is CN(Cc1cccc(Cl)c1Cl)C(=O)[C@H](N)C(C)(C)C. The van der Waals surface area contributed by atoms with Crippen LogP contribution in [-0.4, -0.2) is 23.9 Å². The average Bonchev–Trinajstić information content (AvgIpc) is 2.31. The fourth-order valence-corrected chi connectivity index (χ4v) is 1.99. The maximum absolute atomic E-state index is 12.2. The Labute approximate surface area is 124 Å². The molecule has 1 amide bonds. The molecule has 0 spiro atoms. The molecule has 0 unspecified atom stereocenters. The fraction of sp³-hybridized carbons (Fsp3) is 0.500. The average molecular weight is 303 g/mol. The third-order valence-corrected chi connectivity index (χ3v) is 3.87. The van der Waals surface area contributed by atoms with Crippen LogP contribution in [0.2, 0.25) is 10.0 Å². The molecule has 1 aromatic carbocycles. The lowest BCUT2D eigenvalue weighted by Gasteiger charge is -2.30. The van der Waals surface area contributed by atoms with Gasteiger partial charge in [0.05, 0.1) is 16.1 Å². The van der Waals surface area contributed by atoms with Crippen LogP contribution in [0.3, 0.4) is 0 Å². The van der Waals surface area contributed by atoms with Crippen LogP contribution in [0.15, 0.2) is 18.2 Å². The Kier molecular flexibility index (Phi) is 5.25. The normalized spacial score (nSPS) is 13.2. The highest BCUT2D eigenvalue weighted by atomic mass is 35.5. The fourth-order valence-electron chi connectivity index (χ4n) is 1.61. The standard InChI is InChI=1S/C14H20Cl2N2O/c1-14(2,3)12(17)13(19)18(4)8-9-6-5-7-10(15)11(9)16/h5-7,12H,8,17H2,1-4H3/t12-/m0/s1. The number of nitrogens with zero attached hydrogens (tertiary/aromatic N) is 1. The van der Waals surface area contributed by atoms with Gasteiger partial charge in [-0.2, -0.15) is 0 Å². The van der Waals surface area contributed by atoms with Gasteiger partial charge in [-0.3, -0.25) is 4.79 Å². The zero-order valence-corrected chi connectivity index (χ0v) is 13.2. The van der Waals surface area contributed by atoms with Crippen LogP contribution in [0.5, 0.6) is 0 Å². The Bertz CT molecular complexity index is 469. The summed E-state index contributed by atoms with van der Waals surface area (Å²) in [5.74, 6) is -0.108. The van der Waals surface area contributed by atoms with Crippen molar-refractivity contribution in [3.05, 3.63) is 33.8 Å². The van der Waals surface area contributed by atoms with Crippen LogP contribution < -0.4 is 5.73 Å². The topological polar surface area (TPSA) is 46.3 Å². The predicted molar refractivity (Wildman–Crippen MR) is 80.4 cm³/mol. The molecule has 0 fully saturated rings. The van der Waals surface area contributed by atoms with E-state index in [-0.39, 0.29) is 11.3 Å². The molecule has 1 rings (SSSR count). The molecule has 0 bridgehead atoms. The quantitative estimate of drug-likeness (QED) is 0.931. The number of hydrogen-bond acceptors (Lipinski definition) is 2. The molecule has 5 heteroatoms. The molecular formula is C14H20Cl2N2O. The van der Waals surface area contributed by atoms with E-state index < -0.39 is 6.04 Å². The Morgan fingerprint density at radius 2 is 1.95 bits per heavy atom. The van der Waals surface area contributed by atoms with E-state index in [0.29, 0.717) is 16.6 Å². The van der Waals surface area contributed by atoms with Gasteiger partial charge in [0.1, 0.15) is 0 Å². The van der Waals surface area contributed by atoms with Crippen molar-refractivity contribution in [3.8, 4) is 0 Å². The van der Waals surface area contributed by atoms with Crippen molar-refractivity contribution < 1.29 is 4.79 Å². The monoisotopic (exact) mass is 302 g/mol. The molecular weight excluding hydrogens is 283 g/mol. The molecule has 0 aliphatic heterocycles. The summed E-state index contributed by atoms with van der Waals surface area (Å²) < 4.78 is 0. The number of carbonyl (C=O) groups excluding carboxylic acids is 1. The molecule has 0 saturated heterocycles. The van der Waals surface area contributed by atoms with Gasteiger partial charge in [0.15, 0.2) is 0 Å². The second-order valence-electron chi connectivity index (χ2n) is 5.75. The van der Waals surface area contributed by atoms with E-state index in [4.69, 9.17) is 28.9 Å². The molecule has 0 aliphatic rings. The minimum absolute atomic E-state index is 0.108. The lowest BCUT2D eigenvalue weighted by molar-refractivity contribution is -0.134. The summed E-state index contributed by atoms with van der Waals surface area (Å²) in [6.07, 6.45) is 0. The van der Waals surface area contributed by atoms with Crippen molar-refractivity contribution in [1.29, 1.82) is 0 Å². The minimum Gasteiger partial charge on any atom is -0.340 e. The van der Waals surface area contributed by atoms with E-state index in [2.05, 4.69) is 0 Å². The van der Waals surface area contributed by atoms with Gasteiger partial charge in [-0.1, -0.05) is 56.1 Å². The zero-order chi connectivity index (χ0) is 14.8. The molecule has 0 heterocycles. The molecule has 0 aromatic heterocycles. The Balaban J connectivity index is 2.83. The highest BCUT2D eigenvalue weighted by Gasteiger charge is 2.29. The van der Waals surface area contributed by atoms with E-state index in [1.807, 2.05) is 32.9 Å². The first-order valence-corrected chi connectivity index (χ1v) is 6.83. The highest BCUT2D eigenvalue weighted by Crippen LogP contribution is 2.27. The van der Waals surface area contributed by atoms with Crippen molar-refractivity contribution in [1.82, 2.24) is 4.90 Å². The Morgan fingerprint density at radius 3 is 2.47 bits per heavy atom. The molecule has 2 N–H and O–H groups in total. The summed E-state index contributed by atoms with van der Waals surface area (Å²) in [5, 5.41) is 0.966. The van der Waals surface area contributed by atoms with Gasteiger partial charge in [-0.15, -0.1) is 0 Å². The summed E-state index contributed by atoms with van der Waals surface area (Å²) in [7, 11) is 1.71. The lowest BCUT2D eigenvalue weighted by Crippen LogP contribution is -2.48. The van der Waals surface area contributed by atoms with E-state index in [0.717, 1.165) is 5.56 Å². The summed E-state index contributed by atoms with van der Waals surface area (Å²) >= 11 is 12.1. The number of amides is 1. The highest BCUT2D eigenvalue weighted by molar-refractivity contribution is 6.42. The number of hydrogen-bond donors (Lipinski definition) is 1. The van der Waals surface area contributed by atoms with Crippen molar-refractivity contribution in [2.75, 3.05) is 7.05 Å². The van der Waals surface area contributed by atoms with Crippen LogP contribution in [0, 0.1) is 5.41 Å². The molecule has 106 valence electrons. The first kappa shape index (κ1) is 16.3. The lowest BCUT2D eigenvalue weighted by atomic mass is 9.86. The zero-order valence-electron chi connectivity index (χ0n) is 11.7. The van der Waals surface area contributed by atoms with Crippen molar-refractivity contribution in [2.45, 2.75) is 33.4 Å². The first-order chi connectivity index (χ1) is 8.64.